The maximum absolute atomic E-state index is 11.9. The first-order valence-electron chi connectivity index (χ1n) is 5.48. The molecule has 0 spiro atoms. The molecule has 1 aliphatic rings. The van der Waals surface area contributed by atoms with Gasteiger partial charge in [0.2, 0.25) is 11.8 Å². The topological polar surface area (TPSA) is 76.4 Å². The molecule has 3 heterocycles. The van der Waals surface area contributed by atoms with Gasteiger partial charge < -0.3 is 0 Å². The smallest absolute Gasteiger partial charge is 0.234 e. The predicted molar refractivity (Wildman–Crippen MR) is 65.8 cm³/mol. The van der Waals surface area contributed by atoms with Gasteiger partial charge in [0, 0.05) is 12.0 Å². The highest BCUT2D eigenvalue weighted by molar-refractivity contribution is 9.10. The molecule has 1 atom stereocenters. The molecule has 2 aromatic heterocycles. The molecule has 1 saturated heterocycles. The number of carbonyl (C=O) groups excluding carboxylic acids is 2. The van der Waals surface area contributed by atoms with E-state index in [1.54, 1.807) is 4.52 Å². The quantitative estimate of drug-likeness (QED) is 0.630. The van der Waals surface area contributed by atoms with Crippen LogP contribution in [0.1, 0.15) is 24.3 Å². The SMILES string of the molecule is O=C1CCC(c2ccc(Br)n3ncnc23)C(=O)N1. The lowest BCUT2D eigenvalue weighted by Crippen LogP contribution is -2.39. The Bertz CT molecular complexity index is 652. The van der Waals surface area contributed by atoms with E-state index in [1.807, 2.05) is 12.1 Å². The van der Waals surface area contributed by atoms with E-state index in [1.165, 1.54) is 6.33 Å². The first-order valence-corrected chi connectivity index (χ1v) is 6.28. The molecule has 1 unspecified atom stereocenters. The van der Waals surface area contributed by atoms with Crippen molar-refractivity contribution < 1.29 is 9.59 Å². The van der Waals surface area contributed by atoms with Gasteiger partial charge in [0.15, 0.2) is 5.65 Å². The van der Waals surface area contributed by atoms with Crippen molar-refractivity contribution in [3.8, 4) is 0 Å². The fourth-order valence-electron chi connectivity index (χ4n) is 2.16. The first kappa shape index (κ1) is 11.3. The van der Waals surface area contributed by atoms with Crippen LogP contribution < -0.4 is 5.32 Å². The third-order valence-electron chi connectivity index (χ3n) is 3.02. The number of piperidine rings is 1. The maximum atomic E-state index is 11.9. The fraction of sp³-hybridized carbons (Fsp3) is 0.273. The van der Waals surface area contributed by atoms with E-state index < -0.39 is 0 Å². The summed E-state index contributed by atoms with van der Waals surface area (Å²) >= 11 is 3.36. The van der Waals surface area contributed by atoms with Crippen LogP contribution in [0.3, 0.4) is 0 Å². The Balaban J connectivity index is 2.09. The summed E-state index contributed by atoms with van der Waals surface area (Å²) in [5, 5.41) is 6.43. The van der Waals surface area contributed by atoms with Gasteiger partial charge in [-0.05, 0) is 28.4 Å². The number of aromatic nitrogens is 3. The van der Waals surface area contributed by atoms with Gasteiger partial charge in [-0.3, -0.25) is 14.9 Å². The number of fused-ring (bicyclic) bond motifs is 1. The zero-order valence-electron chi connectivity index (χ0n) is 9.26. The van der Waals surface area contributed by atoms with Crippen molar-refractivity contribution in [2.75, 3.05) is 0 Å². The molecule has 7 heteroatoms. The van der Waals surface area contributed by atoms with Gasteiger partial charge in [0.25, 0.3) is 0 Å². The number of nitrogens with one attached hydrogen (secondary N) is 1. The van der Waals surface area contributed by atoms with Gasteiger partial charge in [0.1, 0.15) is 10.9 Å². The summed E-state index contributed by atoms with van der Waals surface area (Å²) in [5.74, 6) is -0.827. The van der Waals surface area contributed by atoms with Crippen LogP contribution in [0.5, 0.6) is 0 Å². The monoisotopic (exact) mass is 308 g/mol. The minimum absolute atomic E-state index is 0.217. The average molecular weight is 309 g/mol. The lowest BCUT2D eigenvalue weighted by atomic mass is 9.91. The zero-order valence-corrected chi connectivity index (χ0v) is 10.8. The van der Waals surface area contributed by atoms with Gasteiger partial charge in [0.05, 0.1) is 5.92 Å². The standard InChI is InChI=1S/C11H9BrN4O2/c12-8-3-1-6(10-13-5-14-16(8)10)7-2-4-9(17)15-11(7)18/h1,3,5,7H,2,4H2,(H,15,17,18). The van der Waals surface area contributed by atoms with Crippen LogP contribution in [0.4, 0.5) is 0 Å². The molecule has 92 valence electrons. The van der Waals surface area contributed by atoms with Crippen LogP contribution >= 0.6 is 15.9 Å². The Hall–Kier alpha value is -1.76. The number of nitrogens with zero attached hydrogens (tertiary/aromatic N) is 3. The van der Waals surface area contributed by atoms with E-state index in [4.69, 9.17) is 0 Å². The molecule has 2 amide bonds. The Morgan fingerprint density at radius 3 is 3.00 bits per heavy atom. The van der Waals surface area contributed by atoms with Crippen LogP contribution in [0.2, 0.25) is 0 Å². The number of carbonyl (C=O) groups is 2. The molecule has 1 fully saturated rings. The molecule has 0 radical (unpaired) electrons. The number of amides is 2. The van der Waals surface area contributed by atoms with Gasteiger partial charge in [-0.1, -0.05) is 6.07 Å². The predicted octanol–water partition coefficient (Wildman–Crippen LogP) is 1.01. The van der Waals surface area contributed by atoms with Crippen molar-refractivity contribution in [3.05, 3.63) is 28.6 Å². The Kier molecular flexibility index (Phi) is 2.62. The summed E-state index contributed by atoms with van der Waals surface area (Å²) in [6.07, 6.45) is 2.30. The van der Waals surface area contributed by atoms with Crippen molar-refractivity contribution >= 4 is 33.4 Å². The minimum Gasteiger partial charge on any atom is -0.296 e. The minimum atomic E-state index is -0.345. The van der Waals surface area contributed by atoms with E-state index in [2.05, 4.69) is 31.3 Å². The van der Waals surface area contributed by atoms with Crippen LogP contribution in [0, 0.1) is 0 Å². The van der Waals surface area contributed by atoms with Crippen molar-refractivity contribution in [1.29, 1.82) is 0 Å². The number of halogens is 1. The summed E-state index contributed by atoms with van der Waals surface area (Å²) < 4.78 is 2.39. The largest absolute Gasteiger partial charge is 0.296 e. The number of hydrogen-bond donors (Lipinski definition) is 1. The van der Waals surface area contributed by atoms with E-state index in [-0.39, 0.29) is 17.7 Å². The highest BCUT2D eigenvalue weighted by atomic mass is 79.9. The second kappa shape index (κ2) is 4.16. The van der Waals surface area contributed by atoms with Gasteiger partial charge >= 0.3 is 0 Å². The third kappa shape index (κ3) is 1.71. The molecule has 18 heavy (non-hydrogen) atoms. The third-order valence-corrected chi connectivity index (χ3v) is 3.62. The fourth-order valence-corrected chi connectivity index (χ4v) is 2.55. The molecule has 2 aromatic rings. The van der Waals surface area contributed by atoms with Crippen LogP contribution in [0.25, 0.3) is 5.65 Å². The van der Waals surface area contributed by atoms with Crippen molar-refractivity contribution in [2.45, 2.75) is 18.8 Å². The number of imide groups is 1. The second-order valence-electron chi connectivity index (χ2n) is 4.11. The van der Waals surface area contributed by atoms with Gasteiger partial charge in [-0.15, -0.1) is 0 Å². The molecular weight excluding hydrogens is 300 g/mol. The molecule has 0 bridgehead atoms. The van der Waals surface area contributed by atoms with Crippen molar-refractivity contribution in [3.63, 3.8) is 0 Å². The van der Waals surface area contributed by atoms with E-state index in [0.29, 0.717) is 18.5 Å². The summed E-state index contributed by atoms with van der Waals surface area (Å²) in [7, 11) is 0. The zero-order chi connectivity index (χ0) is 12.7. The normalized spacial score (nSPS) is 20.2. The molecule has 6 nitrogen and oxygen atoms in total. The second-order valence-corrected chi connectivity index (χ2v) is 4.92. The van der Waals surface area contributed by atoms with E-state index in [9.17, 15) is 9.59 Å². The lowest BCUT2D eigenvalue weighted by molar-refractivity contribution is -0.134. The van der Waals surface area contributed by atoms with Crippen LogP contribution in [-0.4, -0.2) is 26.4 Å². The highest BCUT2D eigenvalue weighted by Crippen LogP contribution is 2.28. The van der Waals surface area contributed by atoms with Crippen LogP contribution in [0.15, 0.2) is 23.1 Å². The molecular formula is C11H9BrN4O2. The summed E-state index contributed by atoms with van der Waals surface area (Å²) in [4.78, 5) is 27.2. The summed E-state index contributed by atoms with van der Waals surface area (Å²) in [5.41, 5.74) is 1.43. The average Bonchev–Trinajstić information content (AvgIpc) is 2.81. The molecule has 3 rings (SSSR count). The Morgan fingerprint density at radius 2 is 2.22 bits per heavy atom. The number of pyridine rings is 1. The van der Waals surface area contributed by atoms with E-state index in [0.717, 1.165) is 10.2 Å². The highest BCUT2D eigenvalue weighted by Gasteiger charge is 2.30. The molecule has 1 N–H and O–H groups in total. The molecule has 1 aliphatic heterocycles. The molecule has 0 aliphatic carbocycles. The van der Waals surface area contributed by atoms with Crippen LogP contribution in [-0.2, 0) is 9.59 Å². The Labute approximate surface area is 111 Å². The number of hydrogen-bond acceptors (Lipinski definition) is 4. The molecule has 0 saturated carbocycles. The summed E-state index contributed by atoms with van der Waals surface area (Å²) in [6.45, 7) is 0. The first-order chi connectivity index (χ1) is 8.66. The van der Waals surface area contributed by atoms with Gasteiger partial charge in [-0.25, -0.2) is 9.50 Å². The maximum Gasteiger partial charge on any atom is 0.234 e. The van der Waals surface area contributed by atoms with Crippen molar-refractivity contribution in [1.82, 2.24) is 19.9 Å². The van der Waals surface area contributed by atoms with Gasteiger partial charge in [-0.2, -0.15) is 5.10 Å². The van der Waals surface area contributed by atoms with Crippen molar-refractivity contribution in [2.24, 2.45) is 0 Å². The molecule has 0 aromatic carbocycles. The Morgan fingerprint density at radius 1 is 1.39 bits per heavy atom. The lowest BCUT2D eigenvalue weighted by Gasteiger charge is -2.21. The summed E-state index contributed by atoms with van der Waals surface area (Å²) in [6, 6.07) is 3.66. The number of rotatable bonds is 1. The van der Waals surface area contributed by atoms with E-state index >= 15 is 0 Å².